The van der Waals surface area contributed by atoms with E-state index in [0.29, 0.717) is 13.2 Å². The predicted molar refractivity (Wildman–Crippen MR) is 88.8 cm³/mol. The number of amides is 1. The van der Waals surface area contributed by atoms with E-state index in [9.17, 15) is 4.79 Å². The molecule has 1 N–H and O–H groups in total. The van der Waals surface area contributed by atoms with Crippen LogP contribution in [0.1, 0.15) is 0 Å². The Morgan fingerprint density at radius 3 is 2.80 bits per heavy atom. The fourth-order valence-electron chi connectivity index (χ4n) is 1.76. The number of rotatable bonds is 5. The minimum Gasteiger partial charge on any atom is -0.492 e. The van der Waals surface area contributed by atoms with Crippen LogP contribution in [0, 0.1) is 0 Å². The summed E-state index contributed by atoms with van der Waals surface area (Å²) in [6.45, 7) is 1.10. The lowest BCUT2D eigenvalue weighted by atomic mass is 10.3. The van der Waals surface area contributed by atoms with Gasteiger partial charge in [-0.05, 0) is 24.3 Å². The van der Waals surface area contributed by atoms with Crippen LogP contribution in [0.4, 0.5) is 0 Å². The summed E-state index contributed by atoms with van der Waals surface area (Å²) >= 11 is 5.13. The van der Waals surface area contributed by atoms with E-state index >= 15 is 0 Å². The molecule has 4 nitrogen and oxygen atoms in total. The summed E-state index contributed by atoms with van der Waals surface area (Å²) in [4.78, 5) is 13.7. The Hall–Kier alpha value is -0.430. The lowest BCUT2D eigenvalue weighted by Gasteiger charge is -2.20. The average molecular weight is 382 g/mol. The highest BCUT2D eigenvalue weighted by Gasteiger charge is 2.25. The van der Waals surface area contributed by atoms with E-state index in [-0.39, 0.29) is 24.4 Å². The number of ether oxygens (including phenoxy) is 1. The maximum Gasteiger partial charge on any atom is 0.240 e. The molecule has 0 spiro atoms. The number of halogens is 2. The van der Waals surface area contributed by atoms with Crippen LogP contribution in [0.3, 0.4) is 0 Å². The monoisotopic (exact) mass is 380 g/mol. The van der Waals surface area contributed by atoms with Crippen molar-refractivity contribution in [2.75, 3.05) is 31.8 Å². The highest BCUT2D eigenvalue weighted by Crippen LogP contribution is 2.16. The van der Waals surface area contributed by atoms with Gasteiger partial charge in [-0.2, -0.15) is 0 Å². The number of carbonyl (C=O) groups excluding carboxylic acids is 1. The number of nitrogens with zero attached hydrogens (tertiary/aromatic N) is 1. The van der Waals surface area contributed by atoms with Gasteiger partial charge in [0.2, 0.25) is 5.91 Å². The van der Waals surface area contributed by atoms with Crippen molar-refractivity contribution in [3.63, 3.8) is 0 Å². The van der Waals surface area contributed by atoms with Crippen LogP contribution in [0.25, 0.3) is 0 Å². The lowest BCUT2D eigenvalue weighted by Crippen LogP contribution is -2.44. The molecule has 1 aliphatic rings. The number of hydrogen-bond acceptors (Lipinski definition) is 4. The fraction of sp³-hybridized carbons (Fsp3) is 0.462. The van der Waals surface area contributed by atoms with E-state index < -0.39 is 0 Å². The Balaban J connectivity index is 0.00000200. The van der Waals surface area contributed by atoms with E-state index in [4.69, 9.17) is 4.74 Å². The molecule has 0 aromatic heterocycles. The van der Waals surface area contributed by atoms with Crippen molar-refractivity contribution in [2.24, 2.45) is 0 Å². The number of nitrogens with one attached hydrogen (secondary N) is 1. The smallest absolute Gasteiger partial charge is 0.240 e. The van der Waals surface area contributed by atoms with Crippen LogP contribution >= 0.6 is 40.1 Å². The van der Waals surface area contributed by atoms with Gasteiger partial charge in [-0.1, -0.05) is 15.9 Å². The van der Waals surface area contributed by atoms with Crippen molar-refractivity contribution in [3.05, 3.63) is 28.7 Å². The highest BCUT2D eigenvalue weighted by molar-refractivity contribution is 9.10. The van der Waals surface area contributed by atoms with Gasteiger partial charge in [0.05, 0.1) is 12.6 Å². The number of hydrogen-bond donors (Lipinski definition) is 1. The van der Waals surface area contributed by atoms with Crippen LogP contribution in [0.5, 0.6) is 5.75 Å². The number of thioether (sulfide) groups is 1. The molecule has 1 atom stereocenters. The van der Waals surface area contributed by atoms with Gasteiger partial charge in [-0.15, -0.1) is 24.2 Å². The molecule has 0 bridgehead atoms. The van der Waals surface area contributed by atoms with Gasteiger partial charge < -0.3 is 9.64 Å². The van der Waals surface area contributed by atoms with E-state index in [1.165, 1.54) is 0 Å². The van der Waals surface area contributed by atoms with Crippen LogP contribution in [-0.2, 0) is 4.79 Å². The van der Waals surface area contributed by atoms with Crippen LogP contribution in [0.15, 0.2) is 28.7 Å². The zero-order chi connectivity index (χ0) is 13.7. The summed E-state index contributed by atoms with van der Waals surface area (Å²) in [5, 5.41) is 3.18. The third kappa shape index (κ3) is 5.16. The van der Waals surface area contributed by atoms with Crippen molar-refractivity contribution in [3.8, 4) is 5.75 Å². The first-order valence-electron chi connectivity index (χ1n) is 6.11. The van der Waals surface area contributed by atoms with Crippen molar-refractivity contribution < 1.29 is 9.53 Å². The van der Waals surface area contributed by atoms with E-state index in [2.05, 4.69) is 21.2 Å². The summed E-state index contributed by atoms with van der Waals surface area (Å²) in [6.07, 6.45) is 0. The second-order valence-corrected chi connectivity index (χ2v) is 6.28. The molecule has 7 heteroatoms. The van der Waals surface area contributed by atoms with E-state index in [1.54, 1.807) is 16.7 Å². The second-order valence-electron chi connectivity index (χ2n) is 4.33. The minimum absolute atomic E-state index is 0. The summed E-state index contributed by atoms with van der Waals surface area (Å²) in [7, 11) is 1.82. The molecule has 1 aromatic carbocycles. The molecule has 1 aliphatic heterocycles. The standard InChI is InChI=1S/C13H17BrN2O2S.ClH/c1-16(13(17)12-8-19-9-15-12)6-7-18-11-4-2-10(14)3-5-11;/h2-5,12,15H,6-9H2,1H3;1H. The molecular weight excluding hydrogens is 364 g/mol. The Labute approximate surface area is 138 Å². The molecule has 2 rings (SSSR count). The molecule has 1 unspecified atom stereocenters. The normalized spacial score (nSPS) is 17.4. The van der Waals surface area contributed by atoms with Gasteiger partial charge in [-0.25, -0.2) is 0 Å². The highest BCUT2D eigenvalue weighted by atomic mass is 79.9. The molecule has 0 aliphatic carbocycles. The molecule has 1 fully saturated rings. The molecule has 1 heterocycles. The lowest BCUT2D eigenvalue weighted by molar-refractivity contribution is -0.131. The van der Waals surface area contributed by atoms with Gasteiger partial charge in [-0.3, -0.25) is 10.1 Å². The third-order valence-electron chi connectivity index (χ3n) is 2.90. The maximum absolute atomic E-state index is 12.0. The zero-order valence-corrected chi connectivity index (χ0v) is 14.4. The SMILES string of the molecule is CN(CCOc1ccc(Br)cc1)C(=O)C1CSCN1.Cl. The quantitative estimate of drug-likeness (QED) is 0.850. The Morgan fingerprint density at radius 2 is 2.20 bits per heavy atom. The Kier molecular flexibility index (Phi) is 7.72. The summed E-state index contributed by atoms with van der Waals surface area (Å²) < 4.78 is 6.63. The number of carbonyl (C=O) groups is 1. The summed E-state index contributed by atoms with van der Waals surface area (Å²) in [5.41, 5.74) is 0. The molecular formula is C13H18BrClN2O2S. The molecule has 20 heavy (non-hydrogen) atoms. The predicted octanol–water partition coefficient (Wildman–Crippen LogP) is 2.37. The topological polar surface area (TPSA) is 41.6 Å². The third-order valence-corrected chi connectivity index (χ3v) is 4.37. The molecule has 0 radical (unpaired) electrons. The van der Waals surface area contributed by atoms with Crippen LogP contribution < -0.4 is 10.1 Å². The maximum atomic E-state index is 12.0. The minimum atomic E-state index is -0.0392. The second kappa shape index (κ2) is 8.77. The van der Waals surface area contributed by atoms with Gasteiger partial charge in [0.1, 0.15) is 12.4 Å². The first kappa shape index (κ1) is 17.6. The fourth-order valence-corrected chi connectivity index (χ4v) is 2.96. The van der Waals surface area contributed by atoms with Crippen LogP contribution in [-0.4, -0.2) is 48.7 Å². The Morgan fingerprint density at radius 1 is 1.50 bits per heavy atom. The van der Waals surface area contributed by atoms with Crippen molar-refractivity contribution in [1.29, 1.82) is 0 Å². The first-order chi connectivity index (χ1) is 9.16. The van der Waals surface area contributed by atoms with E-state index in [1.807, 2.05) is 31.3 Å². The van der Waals surface area contributed by atoms with Gasteiger partial charge in [0.15, 0.2) is 0 Å². The van der Waals surface area contributed by atoms with E-state index in [0.717, 1.165) is 21.9 Å². The van der Waals surface area contributed by atoms with Gasteiger partial charge in [0, 0.05) is 23.2 Å². The van der Waals surface area contributed by atoms with Gasteiger partial charge in [0.25, 0.3) is 0 Å². The Bertz CT molecular complexity index is 427. The molecule has 0 saturated carbocycles. The average Bonchev–Trinajstić information content (AvgIpc) is 2.94. The van der Waals surface area contributed by atoms with Crippen LogP contribution in [0.2, 0.25) is 0 Å². The van der Waals surface area contributed by atoms with Crippen molar-refractivity contribution in [1.82, 2.24) is 10.2 Å². The van der Waals surface area contributed by atoms with Crippen molar-refractivity contribution >= 4 is 46.0 Å². The molecule has 112 valence electrons. The molecule has 1 saturated heterocycles. The summed E-state index contributed by atoms with van der Waals surface area (Å²) in [6, 6.07) is 7.64. The van der Waals surface area contributed by atoms with Crippen molar-refractivity contribution in [2.45, 2.75) is 6.04 Å². The molecule has 1 amide bonds. The summed E-state index contributed by atoms with van der Waals surface area (Å²) in [5.74, 6) is 2.68. The number of benzene rings is 1. The van der Waals surface area contributed by atoms with Gasteiger partial charge >= 0.3 is 0 Å². The number of likely N-dealkylation sites (N-methyl/N-ethyl adjacent to an activating group) is 1. The first-order valence-corrected chi connectivity index (χ1v) is 8.06. The largest absolute Gasteiger partial charge is 0.492 e. The zero-order valence-electron chi connectivity index (χ0n) is 11.2. The molecule has 1 aromatic rings.